The first kappa shape index (κ1) is 31.4. The zero-order chi connectivity index (χ0) is 31.4. The average Bonchev–Trinajstić information content (AvgIpc) is 2.99. The Labute approximate surface area is 255 Å². The third-order valence-corrected chi connectivity index (χ3v) is 7.74. The van der Waals surface area contributed by atoms with Crippen LogP contribution < -0.4 is 10.6 Å². The van der Waals surface area contributed by atoms with E-state index < -0.39 is 11.7 Å². The maximum atomic E-state index is 15.0. The first-order valence-electron chi connectivity index (χ1n) is 13.8. The highest BCUT2D eigenvalue weighted by molar-refractivity contribution is 6.33. The summed E-state index contributed by atoms with van der Waals surface area (Å²) < 4.78 is 15.0. The molecule has 1 aromatic heterocycles. The topological polar surface area (TPSA) is 112 Å². The minimum atomic E-state index is -0.727. The van der Waals surface area contributed by atoms with E-state index in [0.29, 0.717) is 43.0 Å². The van der Waals surface area contributed by atoms with Crippen molar-refractivity contribution in [1.29, 1.82) is 0 Å². The van der Waals surface area contributed by atoms with Crippen LogP contribution in [0.15, 0.2) is 66.2 Å². The van der Waals surface area contributed by atoms with Gasteiger partial charge in [-0.2, -0.15) is 0 Å². The Balaban J connectivity index is 2.00. The summed E-state index contributed by atoms with van der Waals surface area (Å²) in [5, 5.41) is 0.135. The van der Waals surface area contributed by atoms with Gasteiger partial charge in [-0.25, -0.2) is 9.37 Å². The molecule has 43 heavy (non-hydrogen) atoms. The lowest BCUT2D eigenvalue weighted by atomic mass is 9.96. The molecule has 0 spiro atoms. The van der Waals surface area contributed by atoms with Gasteiger partial charge in [-0.05, 0) is 48.7 Å². The number of hydrogen-bond acceptors (Lipinski definition) is 5. The Hall–Kier alpha value is -4.57. The van der Waals surface area contributed by atoms with Crippen molar-refractivity contribution in [1.82, 2.24) is 14.8 Å². The SMILES string of the molecule is C=CC(=O)N1CCN(/C(=N/C)c2cc(Cl)c(-c3ccccc3F)nc2N(C=O)c2c(C(N)=O)cccc2C(C)C)C(C)C1. The molecule has 0 aliphatic carbocycles. The molecule has 2 aromatic carbocycles. The molecule has 11 heteroatoms. The number of piperazine rings is 1. The van der Waals surface area contributed by atoms with Gasteiger partial charge in [0.15, 0.2) is 5.82 Å². The second kappa shape index (κ2) is 13.2. The molecular formula is C32H34ClFN6O3. The van der Waals surface area contributed by atoms with Crippen LogP contribution in [0.3, 0.4) is 0 Å². The molecule has 2 N–H and O–H groups in total. The molecule has 0 saturated carbocycles. The van der Waals surface area contributed by atoms with Crippen molar-refractivity contribution in [3.63, 3.8) is 0 Å². The van der Waals surface area contributed by atoms with Crippen LogP contribution in [0.4, 0.5) is 15.9 Å². The summed E-state index contributed by atoms with van der Waals surface area (Å²) in [4.78, 5) is 52.3. The molecule has 224 valence electrons. The van der Waals surface area contributed by atoms with E-state index in [4.69, 9.17) is 22.3 Å². The highest BCUT2D eigenvalue weighted by atomic mass is 35.5. The van der Waals surface area contributed by atoms with Crippen molar-refractivity contribution in [3.8, 4) is 11.3 Å². The fourth-order valence-electron chi connectivity index (χ4n) is 5.38. The third-order valence-electron chi connectivity index (χ3n) is 7.45. The van der Waals surface area contributed by atoms with Gasteiger partial charge < -0.3 is 15.5 Å². The molecule has 1 aliphatic heterocycles. The van der Waals surface area contributed by atoms with Crippen LogP contribution in [-0.2, 0) is 9.59 Å². The number of pyridine rings is 1. The molecular weight excluding hydrogens is 571 g/mol. The van der Waals surface area contributed by atoms with Gasteiger partial charge in [0.1, 0.15) is 11.7 Å². The number of rotatable bonds is 8. The Morgan fingerprint density at radius 3 is 2.49 bits per heavy atom. The predicted octanol–water partition coefficient (Wildman–Crippen LogP) is 5.15. The Morgan fingerprint density at radius 1 is 1.19 bits per heavy atom. The van der Waals surface area contributed by atoms with Gasteiger partial charge in [0, 0.05) is 38.3 Å². The molecule has 2 heterocycles. The standard InChI is InChI=1S/C32H34ClFN6O3/c1-6-27(42)38-14-15-39(20(4)17-38)31(36-5)24-16-25(33)28(22-10-7-8-13-26(22)34)37-32(24)40(18-41)29-21(19(2)3)11-9-12-23(29)30(35)43/h6-13,16,18-20H,1,14-15,17H2,2-5H3,(H2,35,43)/b36-31+. The van der Waals surface area contributed by atoms with Crippen molar-refractivity contribution < 1.29 is 18.8 Å². The van der Waals surface area contributed by atoms with Crippen LogP contribution in [-0.4, -0.2) is 71.6 Å². The number of nitrogens with zero attached hydrogens (tertiary/aromatic N) is 5. The first-order chi connectivity index (χ1) is 20.5. The van der Waals surface area contributed by atoms with E-state index in [0.717, 1.165) is 0 Å². The van der Waals surface area contributed by atoms with Gasteiger partial charge in [-0.3, -0.25) is 24.3 Å². The quantitative estimate of drug-likeness (QED) is 0.165. The summed E-state index contributed by atoms with van der Waals surface area (Å²) in [5.41, 5.74) is 7.47. The van der Waals surface area contributed by atoms with Crippen LogP contribution in [0.25, 0.3) is 11.3 Å². The minimum absolute atomic E-state index is 0.0886. The number of carbonyl (C=O) groups excluding carboxylic acids is 3. The van der Waals surface area contributed by atoms with Gasteiger partial charge in [0.2, 0.25) is 12.3 Å². The van der Waals surface area contributed by atoms with Crippen LogP contribution in [0.2, 0.25) is 5.02 Å². The van der Waals surface area contributed by atoms with Crippen molar-refractivity contribution in [2.45, 2.75) is 32.7 Å². The number of hydrogen-bond donors (Lipinski definition) is 1. The second-order valence-corrected chi connectivity index (χ2v) is 10.9. The van der Waals surface area contributed by atoms with Crippen LogP contribution in [0, 0.1) is 5.82 Å². The molecule has 0 radical (unpaired) electrons. The molecule has 1 unspecified atom stereocenters. The van der Waals surface area contributed by atoms with E-state index in [1.807, 2.05) is 31.7 Å². The summed E-state index contributed by atoms with van der Waals surface area (Å²) in [5.74, 6) is -1.00. The van der Waals surface area contributed by atoms with Crippen LogP contribution in [0.5, 0.6) is 0 Å². The fourth-order valence-corrected chi connectivity index (χ4v) is 5.63. The smallest absolute Gasteiger partial charge is 0.250 e. The van der Waals surface area contributed by atoms with E-state index in [-0.39, 0.29) is 51.2 Å². The zero-order valence-corrected chi connectivity index (χ0v) is 25.3. The summed E-state index contributed by atoms with van der Waals surface area (Å²) in [6.07, 6.45) is 1.83. The second-order valence-electron chi connectivity index (χ2n) is 10.5. The van der Waals surface area contributed by atoms with E-state index in [2.05, 4.69) is 11.6 Å². The number of primary amides is 1. The number of halogens is 2. The number of carbonyl (C=O) groups is 3. The number of anilines is 2. The van der Waals surface area contributed by atoms with Crippen molar-refractivity contribution in [2.24, 2.45) is 10.7 Å². The lowest BCUT2D eigenvalue weighted by Gasteiger charge is -2.41. The Kier molecular flexibility index (Phi) is 9.60. The first-order valence-corrected chi connectivity index (χ1v) is 14.2. The lowest BCUT2D eigenvalue weighted by Crippen LogP contribution is -2.55. The largest absolute Gasteiger partial charge is 0.366 e. The highest BCUT2D eigenvalue weighted by Crippen LogP contribution is 2.39. The van der Waals surface area contributed by atoms with Crippen molar-refractivity contribution >= 4 is 47.2 Å². The monoisotopic (exact) mass is 604 g/mol. The summed E-state index contributed by atoms with van der Waals surface area (Å²) in [6, 6.07) is 12.5. The number of amidine groups is 1. The number of benzene rings is 2. The lowest BCUT2D eigenvalue weighted by molar-refractivity contribution is -0.128. The third kappa shape index (κ3) is 6.15. The summed E-state index contributed by atoms with van der Waals surface area (Å²) in [7, 11) is 1.61. The molecule has 9 nitrogen and oxygen atoms in total. The molecule has 3 amide bonds. The zero-order valence-electron chi connectivity index (χ0n) is 24.6. The van der Waals surface area contributed by atoms with E-state index in [1.165, 1.54) is 17.0 Å². The number of amides is 3. The molecule has 0 bridgehead atoms. The number of aromatic nitrogens is 1. The van der Waals surface area contributed by atoms with Gasteiger partial charge in [-0.1, -0.05) is 56.3 Å². The number of nitrogens with two attached hydrogens (primary N) is 1. The summed E-state index contributed by atoms with van der Waals surface area (Å²) in [6.45, 7) is 10.6. The van der Waals surface area contributed by atoms with E-state index in [9.17, 15) is 14.4 Å². The van der Waals surface area contributed by atoms with E-state index in [1.54, 1.807) is 48.3 Å². The molecule has 1 aliphatic rings. The van der Waals surface area contributed by atoms with Gasteiger partial charge in [0.25, 0.3) is 5.91 Å². The van der Waals surface area contributed by atoms with Crippen molar-refractivity contribution in [3.05, 3.63) is 88.7 Å². The average molecular weight is 605 g/mol. The molecule has 1 saturated heterocycles. The molecule has 1 atom stereocenters. The maximum absolute atomic E-state index is 15.0. The predicted molar refractivity (Wildman–Crippen MR) is 167 cm³/mol. The normalized spacial score (nSPS) is 15.4. The number of aliphatic imine (C=N–C) groups is 1. The Morgan fingerprint density at radius 2 is 1.91 bits per heavy atom. The molecule has 4 rings (SSSR count). The van der Waals surface area contributed by atoms with E-state index >= 15 is 4.39 Å². The van der Waals surface area contributed by atoms with Crippen LogP contribution >= 0.6 is 11.6 Å². The van der Waals surface area contributed by atoms with Crippen molar-refractivity contribution in [2.75, 3.05) is 31.6 Å². The Bertz CT molecular complexity index is 1610. The van der Waals surface area contributed by atoms with Crippen LogP contribution in [0.1, 0.15) is 48.2 Å². The fraction of sp³-hybridized carbons (Fsp3) is 0.281. The minimum Gasteiger partial charge on any atom is -0.366 e. The van der Waals surface area contributed by atoms with Gasteiger partial charge in [-0.15, -0.1) is 0 Å². The molecule has 1 fully saturated rings. The maximum Gasteiger partial charge on any atom is 0.250 e. The highest BCUT2D eigenvalue weighted by Gasteiger charge is 2.33. The van der Waals surface area contributed by atoms with Gasteiger partial charge >= 0.3 is 0 Å². The van der Waals surface area contributed by atoms with Gasteiger partial charge in [0.05, 0.1) is 27.5 Å². The number of para-hydroxylation sites is 1. The summed E-state index contributed by atoms with van der Waals surface area (Å²) >= 11 is 6.78. The molecule has 3 aromatic rings.